The largest absolute Gasteiger partial charge is 0.480 e. The average Bonchev–Trinajstić information content (AvgIpc) is 2.26. The monoisotopic (exact) mass is 275 g/mol. The molecular formula is C13H19ClFNO2. The lowest BCUT2D eigenvalue weighted by Crippen LogP contribution is -2.49. The standard InChI is InChI=1S/C13H18FNO2.ClH/c1-2-3-7-13(15,12(16)17)9-10-5-4-6-11(14)8-10;/h4-6,8H,2-3,7,9,15H2,1H3,(H,16,17);1H. The average molecular weight is 276 g/mol. The van der Waals surface area contributed by atoms with Crippen molar-refractivity contribution >= 4 is 18.4 Å². The number of halogens is 2. The second-order valence-corrected chi connectivity index (χ2v) is 4.37. The Kier molecular flexibility index (Phi) is 6.88. The molecule has 3 nitrogen and oxygen atoms in total. The number of carbonyl (C=O) groups is 1. The fraction of sp³-hybridized carbons (Fsp3) is 0.462. The number of carboxylic acid groups (broad SMARTS) is 1. The second kappa shape index (κ2) is 7.34. The number of carboxylic acids is 1. The zero-order chi connectivity index (χ0) is 12.9. The molecule has 0 aliphatic carbocycles. The van der Waals surface area contributed by atoms with Crippen LogP contribution in [0.25, 0.3) is 0 Å². The van der Waals surface area contributed by atoms with Gasteiger partial charge in [-0.25, -0.2) is 4.39 Å². The number of unbranched alkanes of at least 4 members (excludes halogenated alkanes) is 1. The summed E-state index contributed by atoms with van der Waals surface area (Å²) in [4.78, 5) is 11.2. The van der Waals surface area contributed by atoms with Crippen LogP contribution in [-0.4, -0.2) is 16.6 Å². The van der Waals surface area contributed by atoms with Gasteiger partial charge in [0.05, 0.1) is 0 Å². The van der Waals surface area contributed by atoms with Gasteiger partial charge in [0.25, 0.3) is 0 Å². The third-order valence-corrected chi connectivity index (χ3v) is 2.81. The molecule has 0 spiro atoms. The summed E-state index contributed by atoms with van der Waals surface area (Å²) in [6.07, 6.45) is 2.18. The van der Waals surface area contributed by atoms with E-state index in [2.05, 4.69) is 0 Å². The van der Waals surface area contributed by atoms with E-state index in [9.17, 15) is 14.3 Å². The molecule has 0 heterocycles. The maximum absolute atomic E-state index is 13.0. The van der Waals surface area contributed by atoms with Crippen molar-refractivity contribution in [3.05, 3.63) is 35.6 Å². The molecule has 1 atom stereocenters. The lowest BCUT2D eigenvalue weighted by Gasteiger charge is -2.24. The number of hydrogen-bond donors (Lipinski definition) is 2. The second-order valence-electron chi connectivity index (χ2n) is 4.37. The van der Waals surface area contributed by atoms with E-state index in [0.717, 1.165) is 12.8 Å². The van der Waals surface area contributed by atoms with Crippen molar-refractivity contribution in [2.24, 2.45) is 5.73 Å². The zero-order valence-electron chi connectivity index (χ0n) is 10.4. The van der Waals surface area contributed by atoms with E-state index in [0.29, 0.717) is 12.0 Å². The van der Waals surface area contributed by atoms with Gasteiger partial charge in [0.2, 0.25) is 0 Å². The molecule has 102 valence electrons. The Morgan fingerprint density at radius 1 is 1.50 bits per heavy atom. The van der Waals surface area contributed by atoms with Crippen LogP contribution >= 0.6 is 12.4 Å². The minimum absolute atomic E-state index is 0. The molecule has 0 bridgehead atoms. The van der Waals surface area contributed by atoms with Gasteiger partial charge in [0, 0.05) is 6.42 Å². The van der Waals surface area contributed by atoms with Gasteiger partial charge in [-0.15, -0.1) is 12.4 Å². The fourth-order valence-electron chi connectivity index (χ4n) is 1.77. The van der Waals surface area contributed by atoms with Gasteiger partial charge >= 0.3 is 5.97 Å². The summed E-state index contributed by atoms with van der Waals surface area (Å²) < 4.78 is 13.0. The zero-order valence-corrected chi connectivity index (χ0v) is 11.2. The molecular weight excluding hydrogens is 257 g/mol. The minimum Gasteiger partial charge on any atom is -0.480 e. The van der Waals surface area contributed by atoms with E-state index < -0.39 is 11.5 Å². The van der Waals surface area contributed by atoms with Crippen molar-refractivity contribution in [1.29, 1.82) is 0 Å². The molecule has 0 saturated heterocycles. The number of nitrogens with two attached hydrogens (primary N) is 1. The molecule has 0 aromatic heterocycles. The van der Waals surface area contributed by atoms with Gasteiger partial charge in [0.15, 0.2) is 0 Å². The van der Waals surface area contributed by atoms with Crippen molar-refractivity contribution in [2.75, 3.05) is 0 Å². The Balaban J connectivity index is 0.00000289. The lowest BCUT2D eigenvalue weighted by molar-refractivity contribution is -0.143. The Morgan fingerprint density at radius 3 is 2.67 bits per heavy atom. The molecule has 1 unspecified atom stereocenters. The smallest absolute Gasteiger partial charge is 0.324 e. The van der Waals surface area contributed by atoms with Gasteiger partial charge in [-0.1, -0.05) is 31.9 Å². The molecule has 0 aliphatic heterocycles. The first-order valence-electron chi connectivity index (χ1n) is 5.74. The third-order valence-electron chi connectivity index (χ3n) is 2.81. The molecule has 0 amide bonds. The summed E-state index contributed by atoms with van der Waals surface area (Å²) in [6, 6.07) is 5.91. The number of aliphatic carboxylic acids is 1. The molecule has 5 heteroatoms. The van der Waals surface area contributed by atoms with E-state index >= 15 is 0 Å². The predicted octanol–water partition coefficient (Wildman–Crippen LogP) is 2.76. The quantitative estimate of drug-likeness (QED) is 0.839. The van der Waals surface area contributed by atoms with E-state index in [1.807, 2.05) is 6.92 Å². The third kappa shape index (κ3) is 4.63. The molecule has 0 fully saturated rings. The maximum atomic E-state index is 13.0. The van der Waals surface area contributed by atoms with Crippen molar-refractivity contribution in [3.8, 4) is 0 Å². The summed E-state index contributed by atoms with van der Waals surface area (Å²) in [7, 11) is 0. The highest BCUT2D eigenvalue weighted by Crippen LogP contribution is 2.19. The summed E-state index contributed by atoms with van der Waals surface area (Å²) in [5.41, 5.74) is 5.20. The van der Waals surface area contributed by atoms with E-state index in [4.69, 9.17) is 5.73 Å². The van der Waals surface area contributed by atoms with E-state index in [1.54, 1.807) is 12.1 Å². The molecule has 0 saturated carbocycles. The summed E-state index contributed by atoms with van der Waals surface area (Å²) in [5.74, 6) is -1.40. The fourth-order valence-corrected chi connectivity index (χ4v) is 1.77. The minimum atomic E-state index is -1.30. The summed E-state index contributed by atoms with van der Waals surface area (Å²) >= 11 is 0. The van der Waals surface area contributed by atoms with Crippen molar-refractivity contribution in [3.63, 3.8) is 0 Å². The van der Waals surface area contributed by atoms with Crippen LogP contribution in [-0.2, 0) is 11.2 Å². The van der Waals surface area contributed by atoms with Crippen molar-refractivity contribution in [2.45, 2.75) is 38.1 Å². The predicted molar refractivity (Wildman–Crippen MR) is 71.4 cm³/mol. The normalized spacial score (nSPS) is 13.5. The first-order valence-corrected chi connectivity index (χ1v) is 5.74. The van der Waals surface area contributed by atoms with Crippen LogP contribution in [0.3, 0.4) is 0 Å². The highest BCUT2D eigenvalue weighted by molar-refractivity contribution is 5.85. The molecule has 0 aliphatic rings. The van der Waals surface area contributed by atoms with Crippen LogP contribution in [0.15, 0.2) is 24.3 Å². The SMILES string of the molecule is CCCCC(N)(Cc1cccc(F)c1)C(=O)O.Cl. The Bertz CT molecular complexity index is 400. The van der Waals surface area contributed by atoms with Gasteiger partial charge in [-0.05, 0) is 24.1 Å². The van der Waals surface area contributed by atoms with Crippen LogP contribution in [0.5, 0.6) is 0 Å². The van der Waals surface area contributed by atoms with Gasteiger partial charge in [0.1, 0.15) is 11.4 Å². The lowest BCUT2D eigenvalue weighted by atomic mass is 9.87. The van der Waals surface area contributed by atoms with E-state index in [1.165, 1.54) is 12.1 Å². The van der Waals surface area contributed by atoms with Crippen LogP contribution in [0, 0.1) is 5.82 Å². The molecule has 3 N–H and O–H groups in total. The Morgan fingerprint density at radius 2 is 2.17 bits per heavy atom. The van der Waals surface area contributed by atoms with Crippen LogP contribution in [0.4, 0.5) is 4.39 Å². The van der Waals surface area contributed by atoms with Crippen molar-refractivity contribution in [1.82, 2.24) is 0 Å². The van der Waals surface area contributed by atoms with Gasteiger partial charge in [-0.2, -0.15) is 0 Å². The first kappa shape index (κ1) is 16.9. The van der Waals surface area contributed by atoms with Gasteiger partial charge < -0.3 is 10.8 Å². The topological polar surface area (TPSA) is 63.3 Å². The van der Waals surface area contributed by atoms with Gasteiger partial charge in [-0.3, -0.25) is 4.79 Å². The maximum Gasteiger partial charge on any atom is 0.324 e. The van der Waals surface area contributed by atoms with Crippen LogP contribution in [0.2, 0.25) is 0 Å². The summed E-state index contributed by atoms with van der Waals surface area (Å²) in [6.45, 7) is 1.98. The highest BCUT2D eigenvalue weighted by Gasteiger charge is 2.33. The molecule has 1 aromatic rings. The number of benzene rings is 1. The summed E-state index contributed by atoms with van der Waals surface area (Å²) in [5, 5.41) is 9.17. The van der Waals surface area contributed by atoms with E-state index in [-0.39, 0.29) is 24.6 Å². The van der Waals surface area contributed by atoms with Crippen LogP contribution in [0.1, 0.15) is 31.7 Å². The molecule has 18 heavy (non-hydrogen) atoms. The molecule has 1 rings (SSSR count). The number of hydrogen-bond acceptors (Lipinski definition) is 2. The Labute approximate surface area is 113 Å². The number of rotatable bonds is 6. The molecule has 0 radical (unpaired) electrons. The van der Waals surface area contributed by atoms with Crippen molar-refractivity contribution < 1.29 is 14.3 Å². The highest BCUT2D eigenvalue weighted by atomic mass is 35.5. The van der Waals surface area contributed by atoms with Crippen LogP contribution < -0.4 is 5.73 Å². The Hall–Kier alpha value is -1.13. The molecule has 1 aromatic carbocycles. The first-order chi connectivity index (χ1) is 7.98.